The molecule has 0 radical (unpaired) electrons. The zero-order valence-corrected chi connectivity index (χ0v) is 6.47. The topological polar surface area (TPSA) is 12.4 Å². The van der Waals surface area contributed by atoms with E-state index in [4.69, 9.17) is 0 Å². The fourth-order valence-corrected chi connectivity index (χ4v) is 2.15. The van der Waals surface area contributed by atoms with Gasteiger partial charge in [-0.25, -0.2) is 0 Å². The van der Waals surface area contributed by atoms with Crippen LogP contribution >= 0.6 is 0 Å². The Labute approximate surface area is 62.5 Å². The zero-order chi connectivity index (χ0) is 6.81. The van der Waals surface area contributed by atoms with E-state index in [2.05, 4.69) is 4.99 Å². The van der Waals surface area contributed by atoms with Crippen LogP contribution in [0.15, 0.2) is 4.99 Å². The molecule has 1 aliphatic heterocycles. The van der Waals surface area contributed by atoms with Crippen LogP contribution in [0.1, 0.15) is 38.5 Å². The standard InChI is InChI=1S/C9H15N/c1-2-5-8(4-1)9-6-3-7-10-9/h8H,1-7H2. The van der Waals surface area contributed by atoms with Gasteiger partial charge in [-0.15, -0.1) is 0 Å². The van der Waals surface area contributed by atoms with E-state index in [0.29, 0.717) is 0 Å². The third kappa shape index (κ3) is 1.09. The third-order valence-corrected chi connectivity index (χ3v) is 2.73. The van der Waals surface area contributed by atoms with Crippen LogP contribution in [0, 0.1) is 5.92 Å². The van der Waals surface area contributed by atoms with E-state index in [1.807, 2.05) is 0 Å². The monoisotopic (exact) mass is 137 g/mol. The zero-order valence-electron chi connectivity index (χ0n) is 6.47. The van der Waals surface area contributed by atoms with Crippen molar-refractivity contribution in [3.8, 4) is 0 Å². The Hall–Kier alpha value is -0.330. The Kier molecular flexibility index (Phi) is 1.74. The third-order valence-electron chi connectivity index (χ3n) is 2.73. The minimum atomic E-state index is 0.905. The number of hydrogen-bond donors (Lipinski definition) is 0. The molecule has 0 unspecified atom stereocenters. The molecule has 0 N–H and O–H groups in total. The minimum absolute atomic E-state index is 0.905. The lowest BCUT2D eigenvalue weighted by Gasteiger charge is -2.06. The second kappa shape index (κ2) is 2.73. The predicted molar refractivity (Wildman–Crippen MR) is 43.5 cm³/mol. The van der Waals surface area contributed by atoms with Crippen LogP contribution < -0.4 is 0 Å². The number of aliphatic imine (C=N–C) groups is 1. The maximum Gasteiger partial charge on any atom is 0.0392 e. The molecule has 1 nitrogen and oxygen atoms in total. The van der Waals surface area contributed by atoms with Gasteiger partial charge in [0.1, 0.15) is 0 Å². The first-order valence-electron chi connectivity index (χ1n) is 4.50. The molecule has 2 aliphatic rings. The largest absolute Gasteiger partial charge is 0.294 e. The van der Waals surface area contributed by atoms with Gasteiger partial charge < -0.3 is 0 Å². The van der Waals surface area contributed by atoms with Crippen LogP contribution in [0.2, 0.25) is 0 Å². The predicted octanol–water partition coefficient (Wildman–Crippen LogP) is 2.41. The molecule has 0 aromatic rings. The molecule has 56 valence electrons. The molecule has 0 saturated heterocycles. The van der Waals surface area contributed by atoms with E-state index in [1.165, 1.54) is 38.5 Å². The van der Waals surface area contributed by atoms with Crippen LogP contribution in [-0.2, 0) is 0 Å². The second-order valence-corrected chi connectivity index (χ2v) is 3.46. The first-order chi connectivity index (χ1) is 4.97. The number of rotatable bonds is 1. The molecule has 0 amide bonds. The summed E-state index contributed by atoms with van der Waals surface area (Å²) in [5.41, 5.74) is 1.55. The van der Waals surface area contributed by atoms with Crippen molar-refractivity contribution in [1.82, 2.24) is 0 Å². The van der Waals surface area contributed by atoms with Gasteiger partial charge in [0.05, 0.1) is 0 Å². The molecule has 0 aromatic heterocycles. The van der Waals surface area contributed by atoms with Crippen molar-refractivity contribution in [3.05, 3.63) is 0 Å². The lowest BCUT2D eigenvalue weighted by molar-refractivity contribution is 0.718. The van der Waals surface area contributed by atoms with Gasteiger partial charge in [0.15, 0.2) is 0 Å². The number of hydrogen-bond acceptors (Lipinski definition) is 1. The molecule has 1 saturated carbocycles. The molecule has 0 atom stereocenters. The first kappa shape index (κ1) is 6.38. The lowest BCUT2D eigenvalue weighted by atomic mass is 10.00. The summed E-state index contributed by atoms with van der Waals surface area (Å²) >= 11 is 0. The highest BCUT2D eigenvalue weighted by atomic mass is 14.8. The quantitative estimate of drug-likeness (QED) is 0.526. The van der Waals surface area contributed by atoms with Crippen LogP contribution in [0.25, 0.3) is 0 Å². The van der Waals surface area contributed by atoms with E-state index in [0.717, 1.165) is 12.5 Å². The maximum atomic E-state index is 4.53. The van der Waals surface area contributed by atoms with Crippen molar-refractivity contribution in [2.75, 3.05) is 6.54 Å². The summed E-state index contributed by atoms with van der Waals surface area (Å²) in [6.07, 6.45) is 8.39. The molecule has 10 heavy (non-hydrogen) atoms. The minimum Gasteiger partial charge on any atom is -0.294 e. The van der Waals surface area contributed by atoms with Crippen molar-refractivity contribution >= 4 is 5.71 Å². The van der Waals surface area contributed by atoms with Crippen molar-refractivity contribution < 1.29 is 0 Å². The summed E-state index contributed by atoms with van der Waals surface area (Å²) in [5.74, 6) is 0.905. The smallest absolute Gasteiger partial charge is 0.0392 e. The fraction of sp³-hybridized carbons (Fsp3) is 0.889. The maximum absolute atomic E-state index is 4.53. The molecular weight excluding hydrogens is 122 g/mol. The highest BCUT2D eigenvalue weighted by Gasteiger charge is 2.21. The molecule has 1 heterocycles. The van der Waals surface area contributed by atoms with Crippen molar-refractivity contribution in [2.45, 2.75) is 38.5 Å². The van der Waals surface area contributed by atoms with Gasteiger partial charge in [-0.2, -0.15) is 0 Å². The summed E-state index contributed by atoms with van der Waals surface area (Å²) in [4.78, 5) is 4.53. The highest BCUT2D eigenvalue weighted by molar-refractivity contribution is 5.88. The lowest BCUT2D eigenvalue weighted by Crippen LogP contribution is -2.06. The van der Waals surface area contributed by atoms with E-state index >= 15 is 0 Å². The van der Waals surface area contributed by atoms with Crippen molar-refractivity contribution in [1.29, 1.82) is 0 Å². The van der Waals surface area contributed by atoms with E-state index in [1.54, 1.807) is 5.71 Å². The van der Waals surface area contributed by atoms with Crippen molar-refractivity contribution in [2.24, 2.45) is 10.9 Å². The molecule has 2 rings (SSSR count). The average molecular weight is 137 g/mol. The van der Waals surface area contributed by atoms with Crippen LogP contribution in [-0.4, -0.2) is 12.3 Å². The highest BCUT2D eigenvalue weighted by Crippen LogP contribution is 2.29. The Bertz CT molecular complexity index is 143. The fourth-order valence-electron chi connectivity index (χ4n) is 2.15. The van der Waals surface area contributed by atoms with Gasteiger partial charge in [-0.3, -0.25) is 4.99 Å². The second-order valence-electron chi connectivity index (χ2n) is 3.46. The van der Waals surface area contributed by atoms with Crippen LogP contribution in [0.4, 0.5) is 0 Å². The Morgan fingerprint density at radius 1 is 1.10 bits per heavy atom. The average Bonchev–Trinajstić information content (AvgIpc) is 2.59. The molecule has 1 heteroatoms. The molecule has 1 aliphatic carbocycles. The summed E-state index contributed by atoms with van der Waals surface area (Å²) in [6.45, 7) is 1.12. The first-order valence-corrected chi connectivity index (χ1v) is 4.50. The van der Waals surface area contributed by atoms with Crippen LogP contribution in [0.3, 0.4) is 0 Å². The summed E-state index contributed by atoms with van der Waals surface area (Å²) in [7, 11) is 0. The Morgan fingerprint density at radius 3 is 2.50 bits per heavy atom. The molecule has 0 spiro atoms. The van der Waals surface area contributed by atoms with Gasteiger partial charge in [-0.1, -0.05) is 12.8 Å². The molecular formula is C9H15N. The summed E-state index contributed by atoms with van der Waals surface area (Å²) in [5, 5.41) is 0. The summed E-state index contributed by atoms with van der Waals surface area (Å²) in [6, 6.07) is 0. The van der Waals surface area contributed by atoms with Gasteiger partial charge in [-0.05, 0) is 31.6 Å². The van der Waals surface area contributed by atoms with Gasteiger partial charge in [0, 0.05) is 12.3 Å². The number of nitrogens with zero attached hydrogens (tertiary/aromatic N) is 1. The van der Waals surface area contributed by atoms with Gasteiger partial charge in [0.2, 0.25) is 0 Å². The van der Waals surface area contributed by atoms with Gasteiger partial charge in [0.25, 0.3) is 0 Å². The molecule has 1 fully saturated rings. The Morgan fingerprint density at radius 2 is 1.90 bits per heavy atom. The van der Waals surface area contributed by atoms with Crippen LogP contribution in [0.5, 0.6) is 0 Å². The Balaban J connectivity index is 1.97. The molecule has 0 aromatic carbocycles. The van der Waals surface area contributed by atoms with Gasteiger partial charge >= 0.3 is 0 Å². The van der Waals surface area contributed by atoms with E-state index in [-0.39, 0.29) is 0 Å². The van der Waals surface area contributed by atoms with E-state index in [9.17, 15) is 0 Å². The summed E-state index contributed by atoms with van der Waals surface area (Å²) < 4.78 is 0. The molecule has 0 bridgehead atoms. The van der Waals surface area contributed by atoms with Crippen molar-refractivity contribution in [3.63, 3.8) is 0 Å². The SMILES string of the molecule is C1CN=C(C2CCCC2)C1. The normalized spacial score (nSPS) is 27.4. The van der Waals surface area contributed by atoms with E-state index < -0.39 is 0 Å².